The quantitative estimate of drug-likeness (QED) is 0.255. The number of H-pyrrole nitrogens is 1. The summed E-state index contributed by atoms with van der Waals surface area (Å²) in [6.07, 6.45) is 3.41. The van der Waals surface area contributed by atoms with E-state index in [2.05, 4.69) is 39.5 Å². The molecule has 2 amide bonds. The Morgan fingerprint density at radius 3 is 2.65 bits per heavy atom. The molecular weight excluding hydrogens is 507 g/mol. The molecule has 2 aromatic carbocycles. The molecule has 8 nitrogen and oxygen atoms in total. The lowest BCUT2D eigenvalue weighted by Gasteiger charge is -2.18. The number of nitrogens with zero attached hydrogens (tertiary/aromatic N) is 3. The van der Waals surface area contributed by atoms with Crippen molar-refractivity contribution in [2.75, 3.05) is 31.5 Å². The summed E-state index contributed by atoms with van der Waals surface area (Å²) in [4.78, 5) is 31.6. The lowest BCUT2D eigenvalue weighted by molar-refractivity contribution is -0.110. The van der Waals surface area contributed by atoms with E-state index in [1.165, 1.54) is 6.07 Å². The van der Waals surface area contributed by atoms with Crippen LogP contribution in [0, 0.1) is 19.7 Å². The van der Waals surface area contributed by atoms with Crippen LogP contribution in [0.3, 0.4) is 0 Å². The second-order valence-corrected chi connectivity index (χ2v) is 9.80. The molecule has 0 radical (unpaired) electrons. The largest absolute Gasteiger partial charge is 0.358 e. The number of nitrogens with one attached hydrogen (secondary N) is 3. The molecule has 0 saturated carbocycles. The molecule has 206 valence electrons. The van der Waals surface area contributed by atoms with Gasteiger partial charge in [0.2, 0.25) is 0 Å². The number of anilines is 1. The van der Waals surface area contributed by atoms with E-state index in [9.17, 15) is 14.0 Å². The minimum Gasteiger partial charge on any atom is -0.358 e. The molecule has 4 aromatic rings. The Hall–Kier alpha value is -4.50. The summed E-state index contributed by atoms with van der Waals surface area (Å²) < 4.78 is 16.1. The summed E-state index contributed by atoms with van der Waals surface area (Å²) in [5.41, 5.74) is 6.52. The van der Waals surface area contributed by atoms with Crippen LogP contribution in [0.2, 0.25) is 0 Å². The molecule has 5 rings (SSSR count). The van der Waals surface area contributed by atoms with Crippen molar-refractivity contribution in [3.63, 3.8) is 0 Å². The predicted octanol–water partition coefficient (Wildman–Crippen LogP) is 5.19. The molecular formula is C31H33FN6O2. The van der Waals surface area contributed by atoms with Crippen LogP contribution in [0.25, 0.3) is 28.6 Å². The molecule has 3 heterocycles. The molecule has 1 aliphatic heterocycles. The Kier molecular flexibility index (Phi) is 7.66. The van der Waals surface area contributed by atoms with Crippen molar-refractivity contribution in [1.82, 2.24) is 25.0 Å². The van der Waals surface area contributed by atoms with Crippen LogP contribution in [0.1, 0.15) is 46.7 Å². The zero-order valence-electron chi connectivity index (χ0n) is 23.1. The maximum Gasteiger partial charge on any atom is 0.256 e. The van der Waals surface area contributed by atoms with Gasteiger partial charge < -0.3 is 20.5 Å². The van der Waals surface area contributed by atoms with Crippen molar-refractivity contribution in [3.05, 3.63) is 88.6 Å². The highest BCUT2D eigenvalue weighted by Gasteiger charge is 2.27. The summed E-state index contributed by atoms with van der Waals surface area (Å²) >= 11 is 0. The number of rotatable bonds is 9. The van der Waals surface area contributed by atoms with Crippen LogP contribution in [0.5, 0.6) is 0 Å². The van der Waals surface area contributed by atoms with E-state index in [1.54, 1.807) is 35.2 Å². The Labute approximate surface area is 232 Å². The number of carbonyl (C=O) groups is 2. The van der Waals surface area contributed by atoms with E-state index in [0.29, 0.717) is 40.4 Å². The minimum absolute atomic E-state index is 0.136. The van der Waals surface area contributed by atoms with E-state index < -0.39 is 0 Å². The average molecular weight is 541 g/mol. The van der Waals surface area contributed by atoms with Gasteiger partial charge in [-0.05, 0) is 68.9 Å². The van der Waals surface area contributed by atoms with Crippen LogP contribution in [0.4, 0.5) is 10.1 Å². The number of carbonyl (C=O) groups excluding carboxylic acids is 2. The van der Waals surface area contributed by atoms with Crippen LogP contribution >= 0.6 is 0 Å². The van der Waals surface area contributed by atoms with Gasteiger partial charge in [-0.2, -0.15) is 5.10 Å². The van der Waals surface area contributed by atoms with E-state index in [-0.39, 0.29) is 17.6 Å². The van der Waals surface area contributed by atoms with Gasteiger partial charge in [-0.3, -0.25) is 9.59 Å². The number of benzene rings is 2. The van der Waals surface area contributed by atoms with Crippen molar-refractivity contribution >= 4 is 29.2 Å². The second-order valence-electron chi connectivity index (χ2n) is 9.80. The van der Waals surface area contributed by atoms with Gasteiger partial charge in [-0.15, -0.1) is 0 Å². The monoisotopic (exact) mass is 540 g/mol. The first-order valence-electron chi connectivity index (χ1n) is 13.5. The van der Waals surface area contributed by atoms with Gasteiger partial charge in [0.05, 0.1) is 23.0 Å². The third-order valence-corrected chi connectivity index (χ3v) is 7.42. The van der Waals surface area contributed by atoms with E-state index in [4.69, 9.17) is 0 Å². The van der Waals surface area contributed by atoms with Crippen LogP contribution in [-0.4, -0.2) is 57.7 Å². The van der Waals surface area contributed by atoms with Gasteiger partial charge in [0.25, 0.3) is 11.8 Å². The molecule has 2 aromatic heterocycles. The third-order valence-electron chi connectivity index (χ3n) is 7.42. The number of hydrogen-bond donors (Lipinski definition) is 3. The van der Waals surface area contributed by atoms with Crippen molar-refractivity contribution in [3.8, 4) is 16.9 Å². The number of hydrogen-bond acceptors (Lipinski definition) is 4. The van der Waals surface area contributed by atoms with Gasteiger partial charge in [0.15, 0.2) is 0 Å². The first kappa shape index (κ1) is 27.1. The Balaban J connectivity index is 1.45. The van der Waals surface area contributed by atoms with Crippen molar-refractivity contribution in [2.45, 2.75) is 27.7 Å². The molecule has 0 spiro atoms. The number of aromatic amines is 1. The van der Waals surface area contributed by atoms with Crippen LogP contribution in [-0.2, 0) is 4.79 Å². The fourth-order valence-electron chi connectivity index (χ4n) is 5.19. The highest BCUT2D eigenvalue weighted by molar-refractivity contribution is 6.35. The molecule has 9 heteroatoms. The molecule has 0 fully saturated rings. The standard InChI is InChI=1S/C31H33FN6O2/c1-5-37(6-2)16-15-33-31(40)29-19(3)26(35-20(29)4)18-23-22-17-21(11-12-25(22)36-30(23)39)27-13-14-34-38(27)28-10-8-7-9-24(28)32/h7-14,17-18,35H,5-6,15-16H2,1-4H3,(H,33,40)(H,36,39). The zero-order valence-corrected chi connectivity index (χ0v) is 23.1. The van der Waals surface area contributed by atoms with E-state index >= 15 is 0 Å². The predicted molar refractivity (Wildman–Crippen MR) is 156 cm³/mol. The smallest absolute Gasteiger partial charge is 0.256 e. The van der Waals surface area contributed by atoms with Gasteiger partial charge in [0.1, 0.15) is 11.5 Å². The molecule has 0 saturated heterocycles. The van der Waals surface area contributed by atoms with E-state index in [1.807, 2.05) is 38.1 Å². The number of aromatic nitrogens is 3. The van der Waals surface area contributed by atoms with Crippen molar-refractivity contribution in [1.29, 1.82) is 0 Å². The molecule has 40 heavy (non-hydrogen) atoms. The summed E-state index contributed by atoms with van der Waals surface area (Å²) in [5.74, 6) is -0.744. The lowest BCUT2D eigenvalue weighted by Crippen LogP contribution is -2.35. The molecule has 3 N–H and O–H groups in total. The maximum absolute atomic E-state index is 14.5. The summed E-state index contributed by atoms with van der Waals surface area (Å²) in [5, 5.41) is 10.3. The highest BCUT2D eigenvalue weighted by atomic mass is 19.1. The summed E-state index contributed by atoms with van der Waals surface area (Å²) in [6.45, 7) is 11.2. The Morgan fingerprint density at radius 1 is 1.12 bits per heavy atom. The summed E-state index contributed by atoms with van der Waals surface area (Å²) in [7, 11) is 0. The van der Waals surface area contributed by atoms with Crippen molar-refractivity contribution in [2.24, 2.45) is 0 Å². The Morgan fingerprint density at radius 2 is 1.90 bits per heavy atom. The second kappa shape index (κ2) is 11.3. The number of aryl methyl sites for hydroxylation is 1. The maximum atomic E-state index is 14.5. The van der Waals surface area contributed by atoms with Crippen LogP contribution < -0.4 is 10.6 Å². The fourth-order valence-corrected chi connectivity index (χ4v) is 5.19. The summed E-state index contributed by atoms with van der Waals surface area (Å²) in [6, 6.07) is 13.9. The van der Waals surface area contributed by atoms with Crippen molar-refractivity contribution < 1.29 is 14.0 Å². The SMILES string of the molecule is CCN(CC)CCNC(=O)c1c(C)[nH]c(C=C2C(=O)Nc3ccc(-c4ccnn4-c4ccccc4F)cc32)c1C. The number of fused-ring (bicyclic) bond motifs is 1. The molecule has 0 aliphatic carbocycles. The van der Waals surface area contributed by atoms with E-state index in [0.717, 1.165) is 42.0 Å². The Bertz CT molecular complexity index is 1610. The topological polar surface area (TPSA) is 95.1 Å². The molecule has 1 aliphatic rings. The minimum atomic E-state index is -0.378. The van der Waals surface area contributed by atoms with Gasteiger partial charge in [0, 0.05) is 41.3 Å². The lowest BCUT2D eigenvalue weighted by atomic mass is 10.0. The number of amides is 2. The number of halogens is 1. The first-order chi connectivity index (χ1) is 19.3. The van der Waals surface area contributed by atoms with Gasteiger partial charge >= 0.3 is 0 Å². The zero-order chi connectivity index (χ0) is 28.4. The average Bonchev–Trinajstić information content (AvgIpc) is 3.62. The van der Waals surface area contributed by atoms with Gasteiger partial charge in [-0.25, -0.2) is 9.07 Å². The number of likely N-dealkylation sites (N-methyl/N-ethyl adjacent to an activating group) is 1. The van der Waals surface area contributed by atoms with Crippen LogP contribution in [0.15, 0.2) is 54.7 Å². The molecule has 0 unspecified atom stereocenters. The highest BCUT2D eigenvalue weighted by Crippen LogP contribution is 2.37. The fraction of sp³-hybridized carbons (Fsp3) is 0.258. The third kappa shape index (κ3) is 5.08. The molecule has 0 bridgehead atoms. The number of para-hydroxylation sites is 1. The normalized spacial score (nSPS) is 13.7. The van der Waals surface area contributed by atoms with Gasteiger partial charge in [-0.1, -0.05) is 32.0 Å². The molecule has 0 atom stereocenters. The first-order valence-corrected chi connectivity index (χ1v) is 13.5.